The zero-order chi connectivity index (χ0) is 16.8. The van der Waals surface area contributed by atoms with Crippen LogP contribution in [0.5, 0.6) is 17.4 Å². The number of nitriles is 1. The van der Waals surface area contributed by atoms with Crippen molar-refractivity contribution in [3.8, 4) is 23.4 Å². The number of nitrogens with zero attached hydrogens (tertiary/aromatic N) is 2. The molecule has 0 aliphatic carbocycles. The highest BCUT2D eigenvalue weighted by Crippen LogP contribution is 2.46. The number of benzene rings is 1. The fourth-order valence-electron chi connectivity index (χ4n) is 3.13. The van der Waals surface area contributed by atoms with Crippen LogP contribution in [0.3, 0.4) is 0 Å². The molecule has 2 aromatic rings. The Labute approximate surface area is 138 Å². The molecule has 0 saturated heterocycles. The van der Waals surface area contributed by atoms with E-state index in [0.29, 0.717) is 23.0 Å². The summed E-state index contributed by atoms with van der Waals surface area (Å²) in [5, 5.41) is 16.9. The fraction of sp³-hybridized carbons (Fsp3) is 0.294. The minimum absolute atomic E-state index is 0.0782. The molecule has 7 heteroatoms. The number of fused-ring (bicyclic) bond motifs is 2. The molecular weight excluding hydrogens is 308 g/mol. The van der Waals surface area contributed by atoms with Crippen molar-refractivity contribution >= 4 is 0 Å². The SMILES string of the molecule is CC(C)c1[nH]nc2c1[C@@H](c1ccc3c(c1)OCO3)C(C#N)=C(N)O2. The average molecular weight is 324 g/mol. The van der Waals surface area contributed by atoms with Crippen LogP contribution in [-0.4, -0.2) is 17.0 Å². The number of H-pyrrole nitrogens is 1. The van der Waals surface area contributed by atoms with Gasteiger partial charge in [-0.2, -0.15) is 5.26 Å². The van der Waals surface area contributed by atoms with Crippen LogP contribution in [0.1, 0.15) is 42.5 Å². The maximum absolute atomic E-state index is 9.62. The monoisotopic (exact) mass is 324 g/mol. The van der Waals surface area contributed by atoms with Gasteiger partial charge in [0.1, 0.15) is 11.6 Å². The van der Waals surface area contributed by atoms with E-state index in [1.807, 2.05) is 18.2 Å². The van der Waals surface area contributed by atoms with E-state index in [-0.39, 0.29) is 24.5 Å². The van der Waals surface area contributed by atoms with Gasteiger partial charge in [0, 0.05) is 5.69 Å². The number of aromatic nitrogens is 2. The van der Waals surface area contributed by atoms with Gasteiger partial charge >= 0.3 is 0 Å². The molecule has 24 heavy (non-hydrogen) atoms. The van der Waals surface area contributed by atoms with Crippen molar-refractivity contribution in [3.05, 3.63) is 46.5 Å². The van der Waals surface area contributed by atoms with E-state index < -0.39 is 0 Å². The highest BCUT2D eigenvalue weighted by atomic mass is 16.7. The predicted molar refractivity (Wildman–Crippen MR) is 84.5 cm³/mol. The number of rotatable bonds is 2. The van der Waals surface area contributed by atoms with Gasteiger partial charge in [-0.05, 0) is 23.6 Å². The largest absolute Gasteiger partial charge is 0.454 e. The first-order valence-corrected chi connectivity index (χ1v) is 7.65. The van der Waals surface area contributed by atoms with Crippen LogP contribution in [-0.2, 0) is 0 Å². The Hall–Kier alpha value is -3.14. The summed E-state index contributed by atoms with van der Waals surface area (Å²) in [6.07, 6.45) is 0. The molecule has 1 aromatic carbocycles. The first kappa shape index (κ1) is 14.5. The summed E-state index contributed by atoms with van der Waals surface area (Å²) in [5.74, 6) is 1.68. The Morgan fingerprint density at radius 3 is 2.88 bits per heavy atom. The number of nitrogens with one attached hydrogen (secondary N) is 1. The molecule has 1 aromatic heterocycles. The highest BCUT2D eigenvalue weighted by Gasteiger charge is 2.36. The van der Waals surface area contributed by atoms with Gasteiger partial charge in [0.25, 0.3) is 0 Å². The van der Waals surface area contributed by atoms with Crippen molar-refractivity contribution in [2.24, 2.45) is 5.73 Å². The summed E-state index contributed by atoms with van der Waals surface area (Å²) in [5.41, 5.74) is 8.97. The van der Waals surface area contributed by atoms with E-state index in [0.717, 1.165) is 16.8 Å². The molecule has 3 heterocycles. The third kappa shape index (κ3) is 2.00. The number of aromatic amines is 1. The van der Waals surface area contributed by atoms with E-state index in [4.69, 9.17) is 19.9 Å². The van der Waals surface area contributed by atoms with E-state index >= 15 is 0 Å². The quantitative estimate of drug-likeness (QED) is 0.879. The first-order chi connectivity index (χ1) is 11.6. The Bertz CT molecular complexity index is 892. The second-order valence-electron chi connectivity index (χ2n) is 6.05. The molecule has 0 unspecified atom stereocenters. The summed E-state index contributed by atoms with van der Waals surface area (Å²) in [7, 11) is 0. The van der Waals surface area contributed by atoms with Gasteiger partial charge in [-0.15, -0.1) is 5.10 Å². The number of nitrogens with two attached hydrogens (primary N) is 1. The van der Waals surface area contributed by atoms with Crippen molar-refractivity contribution in [3.63, 3.8) is 0 Å². The van der Waals surface area contributed by atoms with Gasteiger partial charge in [-0.3, -0.25) is 5.10 Å². The molecule has 0 amide bonds. The molecule has 2 aliphatic rings. The molecular formula is C17H16N4O3. The predicted octanol–water partition coefficient (Wildman–Crippen LogP) is 2.48. The van der Waals surface area contributed by atoms with Gasteiger partial charge < -0.3 is 19.9 Å². The summed E-state index contributed by atoms with van der Waals surface area (Å²) in [6.45, 7) is 4.31. The second-order valence-corrected chi connectivity index (χ2v) is 6.05. The van der Waals surface area contributed by atoms with Crippen molar-refractivity contribution in [2.45, 2.75) is 25.7 Å². The Balaban J connectivity index is 1.92. The van der Waals surface area contributed by atoms with Crippen LogP contribution in [0.4, 0.5) is 0 Å². The number of hydrogen-bond acceptors (Lipinski definition) is 6. The van der Waals surface area contributed by atoms with Gasteiger partial charge in [-0.1, -0.05) is 19.9 Å². The van der Waals surface area contributed by atoms with Crippen LogP contribution >= 0.6 is 0 Å². The lowest BCUT2D eigenvalue weighted by Gasteiger charge is -2.24. The third-order valence-electron chi connectivity index (χ3n) is 4.28. The molecule has 0 radical (unpaired) electrons. The molecule has 0 fully saturated rings. The maximum Gasteiger partial charge on any atom is 0.244 e. The molecule has 0 bridgehead atoms. The van der Waals surface area contributed by atoms with E-state index in [1.165, 1.54) is 0 Å². The lowest BCUT2D eigenvalue weighted by atomic mass is 9.82. The highest BCUT2D eigenvalue weighted by molar-refractivity contribution is 5.58. The second kappa shape index (κ2) is 5.20. The van der Waals surface area contributed by atoms with Gasteiger partial charge in [0.05, 0.1) is 11.5 Å². The Morgan fingerprint density at radius 2 is 2.12 bits per heavy atom. The Kier molecular flexibility index (Phi) is 3.13. The van der Waals surface area contributed by atoms with Crippen LogP contribution < -0.4 is 19.9 Å². The lowest BCUT2D eigenvalue weighted by Crippen LogP contribution is -2.21. The molecule has 0 saturated carbocycles. The van der Waals surface area contributed by atoms with Crippen molar-refractivity contribution in [1.82, 2.24) is 10.2 Å². The minimum atomic E-state index is -0.357. The summed E-state index contributed by atoms with van der Waals surface area (Å²) >= 11 is 0. The topological polar surface area (TPSA) is 106 Å². The maximum atomic E-state index is 9.62. The number of hydrogen-bond donors (Lipinski definition) is 2. The van der Waals surface area contributed by atoms with Crippen molar-refractivity contribution in [2.75, 3.05) is 6.79 Å². The fourth-order valence-corrected chi connectivity index (χ4v) is 3.13. The molecule has 0 spiro atoms. The standard InChI is InChI=1S/C17H16N4O3/c1-8(2)15-14-13(9-3-4-11-12(5-9)23-7-22-11)10(6-18)16(19)24-17(14)21-20-15/h3-5,8,13H,7,19H2,1-2H3,(H,20,21)/t13-/m0/s1. The lowest BCUT2D eigenvalue weighted by molar-refractivity contribution is 0.174. The first-order valence-electron chi connectivity index (χ1n) is 7.65. The van der Waals surface area contributed by atoms with Gasteiger partial charge in [-0.25, -0.2) is 0 Å². The molecule has 7 nitrogen and oxygen atoms in total. The van der Waals surface area contributed by atoms with Crippen LogP contribution in [0.2, 0.25) is 0 Å². The van der Waals surface area contributed by atoms with Gasteiger partial charge in [0.2, 0.25) is 18.6 Å². The zero-order valence-corrected chi connectivity index (χ0v) is 13.3. The number of ether oxygens (including phenoxy) is 3. The Morgan fingerprint density at radius 1 is 1.33 bits per heavy atom. The number of allylic oxidation sites excluding steroid dienone is 1. The summed E-state index contributed by atoms with van der Waals surface area (Å²) in [4.78, 5) is 0. The smallest absolute Gasteiger partial charge is 0.244 e. The molecule has 1 atom stereocenters. The average Bonchev–Trinajstić information content (AvgIpc) is 3.18. The van der Waals surface area contributed by atoms with Crippen LogP contribution in [0.15, 0.2) is 29.7 Å². The molecule has 122 valence electrons. The molecule has 3 N–H and O–H groups in total. The van der Waals surface area contributed by atoms with Crippen LogP contribution in [0.25, 0.3) is 0 Å². The normalized spacial score (nSPS) is 18.3. The van der Waals surface area contributed by atoms with E-state index in [9.17, 15) is 5.26 Å². The molecule has 4 rings (SSSR count). The van der Waals surface area contributed by atoms with Crippen molar-refractivity contribution in [1.29, 1.82) is 5.26 Å². The van der Waals surface area contributed by atoms with E-state index in [1.54, 1.807) is 0 Å². The van der Waals surface area contributed by atoms with Crippen LogP contribution in [0, 0.1) is 11.3 Å². The van der Waals surface area contributed by atoms with E-state index in [2.05, 4.69) is 30.1 Å². The minimum Gasteiger partial charge on any atom is -0.454 e. The third-order valence-corrected chi connectivity index (χ3v) is 4.28. The van der Waals surface area contributed by atoms with Gasteiger partial charge in [0.15, 0.2) is 11.5 Å². The summed E-state index contributed by atoms with van der Waals surface area (Å²) in [6, 6.07) is 7.81. The van der Waals surface area contributed by atoms with Crippen molar-refractivity contribution < 1.29 is 14.2 Å². The zero-order valence-electron chi connectivity index (χ0n) is 13.3. The molecule has 2 aliphatic heterocycles. The summed E-state index contributed by atoms with van der Waals surface area (Å²) < 4.78 is 16.4.